The normalized spacial score (nSPS) is 16.5. The van der Waals surface area contributed by atoms with Gasteiger partial charge in [-0.2, -0.15) is 0 Å². The average molecular weight is 486 g/mol. The Hall–Kier alpha value is -2.74. The van der Waals surface area contributed by atoms with Gasteiger partial charge in [0.15, 0.2) is 0 Å². The summed E-state index contributed by atoms with van der Waals surface area (Å²) in [4.78, 5) is 19.3. The van der Waals surface area contributed by atoms with E-state index in [-0.39, 0.29) is 24.2 Å². The smallest absolute Gasteiger partial charge is 0.226 e. The highest BCUT2D eigenvalue weighted by Crippen LogP contribution is 2.22. The Morgan fingerprint density at radius 3 is 2.74 bits per heavy atom. The maximum Gasteiger partial charge on any atom is 0.226 e. The van der Waals surface area contributed by atoms with Gasteiger partial charge in [-0.25, -0.2) is 9.37 Å². The number of halogens is 2. The molecule has 1 saturated heterocycles. The van der Waals surface area contributed by atoms with Gasteiger partial charge in [-0.15, -0.1) is 0 Å². The van der Waals surface area contributed by atoms with Gasteiger partial charge >= 0.3 is 0 Å². The second-order valence-corrected chi connectivity index (χ2v) is 8.97. The highest BCUT2D eigenvalue weighted by Gasteiger charge is 2.21. The molecule has 1 fully saturated rings. The number of nitrogens with one attached hydrogen (secondary N) is 1. The number of amides is 1. The van der Waals surface area contributed by atoms with E-state index in [1.165, 1.54) is 17.7 Å². The monoisotopic (exact) mass is 485 g/mol. The van der Waals surface area contributed by atoms with E-state index in [4.69, 9.17) is 20.8 Å². The molecule has 0 aliphatic carbocycles. The Bertz CT molecular complexity index is 1090. The second kappa shape index (κ2) is 11.6. The molecule has 4 rings (SSSR count). The minimum absolute atomic E-state index is 0.0404. The zero-order valence-corrected chi connectivity index (χ0v) is 20.0. The van der Waals surface area contributed by atoms with E-state index in [0.29, 0.717) is 36.1 Å². The van der Waals surface area contributed by atoms with Crippen LogP contribution >= 0.6 is 11.6 Å². The summed E-state index contributed by atoms with van der Waals surface area (Å²) in [6.07, 6.45) is 2.14. The van der Waals surface area contributed by atoms with E-state index in [1.54, 1.807) is 19.1 Å². The average Bonchev–Trinajstić information content (AvgIpc) is 3.19. The maximum absolute atomic E-state index is 13.1. The first-order valence-electron chi connectivity index (χ1n) is 11.5. The van der Waals surface area contributed by atoms with E-state index in [0.717, 1.165) is 37.5 Å². The van der Waals surface area contributed by atoms with Crippen LogP contribution in [-0.2, 0) is 22.4 Å². The van der Waals surface area contributed by atoms with Crippen molar-refractivity contribution in [2.45, 2.75) is 32.3 Å². The molecule has 0 radical (unpaired) electrons. The summed E-state index contributed by atoms with van der Waals surface area (Å²) in [6.45, 7) is 5.56. The number of nitrogens with zero attached hydrogens (tertiary/aromatic N) is 2. The van der Waals surface area contributed by atoms with Crippen LogP contribution in [0.15, 0.2) is 52.9 Å². The highest BCUT2D eigenvalue weighted by atomic mass is 35.5. The molecule has 34 heavy (non-hydrogen) atoms. The van der Waals surface area contributed by atoms with Gasteiger partial charge in [-0.1, -0.05) is 23.7 Å². The van der Waals surface area contributed by atoms with E-state index in [2.05, 4.69) is 27.3 Å². The number of rotatable bonds is 9. The minimum atomic E-state index is -0.323. The highest BCUT2D eigenvalue weighted by molar-refractivity contribution is 6.30. The number of aryl methyl sites for hydroxylation is 2. The fourth-order valence-electron chi connectivity index (χ4n) is 4.02. The van der Waals surface area contributed by atoms with Gasteiger partial charge in [0, 0.05) is 30.2 Å². The van der Waals surface area contributed by atoms with Crippen LogP contribution in [0, 0.1) is 12.7 Å². The number of ether oxygens (including phenoxy) is 1. The Kier molecular flexibility index (Phi) is 8.32. The third-order valence-electron chi connectivity index (χ3n) is 5.91. The summed E-state index contributed by atoms with van der Waals surface area (Å²) in [6, 6.07) is 13.9. The van der Waals surface area contributed by atoms with Crippen molar-refractivity contribution in [3.05, 3.63) is 76.4 Å². The number of carbonyl (C=O) groups excluding carboxylic acids is 1. The lowest BCUT2D eigenvalue weighted by Gasteiger charge is -2.33. The molecule has 0 spiro atoms. The SMILES string of the molecule is Cc1oc(-c2ccc(F)cc2)nc1CC(=O)NC[C@H]1CN(CCCc2ccc(Cl)cc2)CCO1. The third-order valence-corrected chi connectivity index (χ3v) is 6.17. The van der Waals surface area contributed by atoms with Gasteiger partial charge < -0.3 is 14.5 Å². The molecule has 1 aromatic heterocycles. The van der Waals surface area contributed by atoms with Crippen molar-refractivity contribution in [3.8, 4) is 11.5 Å². The molecular formula is C26H29ClFN3O3. The standard InChI is InChI=1S/C26H29ClFN3O3/c1-18-24(30-26(34-18)20-6-10-22(28)11-7-20)15-25(32)29-16-23-17-31(13-14-33-23)12-2-3-19-4-8-21(27)9-5-19/h4-11,23H,2-3,12-17H2,1H3,(H,29,32)/t23-/m0/s1. The number of oxazole rings is 1. The van der Waals surface area contributed by atoms with Crippen molar-refractivity contribution in [1.82, 2.24) is 15.2 Å². The van der Waals surface area contributed by atoms with Crippen molar-refractivity contribution in [3.63, 3.8) is 0 Å². The summed E-state index contributed by atoms with van der Waals surface area (Å²) in [5.41, 5.74) is 2.53. The number of hydrogen-bond donors (Lipinski definition) is 1. The molecule has 0 saturated carbocycles. The number of carbonyl (C=O) groups is 1. The molecule has 1 aliphatic heterocycles. The summed E-state index contributed by atoms with van der Waals surface area (Å²) >= 11 is 5.95. The topological polar surface area (TPSA) is 67.6 Å². The second-order valence-electron chi connectivity index (χ2n) is 8.53. The van der Waals surface area contributed by atoms with Crippen LogP contribution in [0.4, 0.5) is 4.39 Å². The molecule has 6 nitrogen and oxygen atoms in total. The van der Waals surface area contributed by atoms with Crippen molar-refractivity contribution in [2.75, 3.05) is 32.8 Å². The van der Waals surface area contributed by atoms with Crippen molar-refractivity contribution >= 4 is 17.5 Å². The molecule has 2 heterocycles. The third kappa shape index (κ3) is 6.88. The summed E-state index contributed by atoms with van der Waals surface area (Å²) < 4.78 is 24.7. The molecule has 0 unspecified atom stereocenters. The van der Waals surface area contributed by atoms with Gasteiger partial charge in [0.25, 0.3) is 0 Å². The predicted molar refractivity (Wildman–Crippen MR) is 129 cm³/mol. The first-order chi connectivity index (χ1) is 16.5. The fraction of sp³-hybridized carbons (Fsp3) is 0.385. The van der Waals surface area contributed by atoms with E-state index >= 15 is 0 Å². The Labute approximate surface area is 204 Å². The molecule has 1 N–H and O–H groups in total. The van der Waals surface area contributed by atoms with Crippen LogP contribution in [0.1, 0.15) is 23.4 Å². The van der Waals surface area contributed by atoms with Crippen molar-refractivity contribution in [1.29, 1.82) is 0 Å². The summed E-state index contributed by atoms with van der Waals surface area (Å²) in [7, 11) is 0. The van der Waals surface area contributed by atoms with E-state index in [1.807, 2.05) is 12.1 Å². The van der Waals surface area contributed by atoms with Crippen LogP contribution in [0.3, 0.4) is 0 Å². The number of hydrogen-bond acceptors (Lipinski definition) is 5. The predicted octanol–water partition coefficient (Wildman–Crippen LogP) is 4.43. The summed E-state index contributed by atoms with van der Waals surface area (Å²) in [5.74, 6) is 0.502. The van der Waals surface area contributed by atoms with E-state index in [9.17, 15) is 9.18 Å². The molecule has 1 amide bonds. The Morgan fingerprint density at radius 2 is 1.97 bits per heavy atom. The van der Waals surface area contributed by atoms with Gasteiger partial charge in [-0.3, -0.25) is 9.69 Å². The maximum atomic E-state index is 13.1. The Morgan fingerprint density at radius 1 is 1.21 bits per heavy atom. The number of aromatic nitrogens is 1. The van der Waals surface area contributed by atoms with Crippen LogP contribution in [-0.4, -0.2) is 54.7 Å². The lowest BCUT2D eigenvalue weighted by atomic mass is 10.1. The first-order valence-corrected chi connectivity index (χ1v) is 11.9. The summed E-state index contributed by atoms with van der Waals surface area (Å²) in [5, 5.41) is 3.72. The van der Waals surface area contributed by atoms with Gasteiger partial charge in [0.2, 0.25) is 11.8 Å². The van der Waals surface area contributed by atoms with Crippen LogP contribution in [0.5, 0.6) is 0 Å². The van der Waals surface area contributed by atoms with Crippen LogP contribution < -0.4 is 5.32 Å². The molecule has 1 aliphatic rings. The Balaban J connectivity index is 1.20. The number of benzene rings is 2. The van der Waals surface area contributed by atoms with Crippen LogP contribution in [0.2, 0.25) is 5.02 Å². The van der Waals surface area contributed by atoms with Gasteiger partial charge in [0.1, 0.15) is 11.6 Å². The quantitative estimate of drug-likeness (QED) is 0.485. The van der Waals surface area contributed by atoms with Gasteiger partial charge in [-0.05, 0) is 68.3 Å². The molecule has 1 atom stereocenters. The van der Waals surface area contributed by atoms with Crippen molar-refractivity contribution < 1.29 is 18.3 Å². The molecule has 2 aromatic carbocycles. The molecule has 0 bridgehead atoms. The zero-order chi connectivity index (χ0) is 23.9. The largest absolute Gasteiger partial charge is 0.441 e. The lowest BCUT2D eigenvalue weighted by molar-refractivity contribution is -0.121. The molecular weight excluding hydrogens is 457 g/mol. The van der Waals surface area contributed by atoms with Gasteiger partial charge in [0.05, 0.1) is 24.8 Å². The molecule has 180 valence electrons. The van der Waals surface area contributed by atoms with Crippen molar-refractivity contribution in [2.24, 2.45) is 0 Å². The molecule has 3 aromatic rings. The minimum Gasteiger partial charge on any atom is -0.441 e. The lowest BCUT2D eigenvalue weighted by Crippen LogP contribution is -2.48. The van der Waals surface area contributed by atoms with E-state index < -0.39 is 0 Å². The first kappa shape index (κ1) is 24.4. The zero-order valence-electron chi connectivity index (χ0n) is 19.2. The fourth-order valence-corrected chi connectivity index (χ4v) is 4.14. The van der Waals surface area contributed by atoms with Crippen LogP contribution in [0.25, 0.3) is 11.5 Å². The number of morpholine rings is 1. The molecule has 8 heteroatoms.